The molecular weight excluding hydrogens is 256 g/mol. The van der Waals surface area contributed by atoms with Crippen molar-refractivity contribution in [1.82, 2.24) is 9.97 Å². The first-order valence-electron chi connectivity index (χ1n) is 3.90. The smallest absolute Gasteiger partial charge is 0.355 e. The third-order valence-corrected chi connectivity index (χ3v) is 3.73. The van der Waals surface area contributed by atoms with Crippen LogP contribution in [0.3, 0.4) is 0 Å². The molecule has 0 atom stereocenters. The van der Waals surface area contributed by atoms with Crippen molar-refractivity contribution in [3.63, 3.8) is 0 Å². The van der Waals surface area contributed by atoms with Crippen LogP contribution in [-0.4, -0.2) is 21.0 Å². The summed E-state index contributed by atoms with van der Waals surface area (Å²) in [5.74, 6) is -0.660. The molecule has 2 heterocycles. The molecule has 4 nitrogen and oxygen atoms in total. The van der Waals surface area contributed by atoms with Crippen molar-refractivity contribution < 1.29 is 9.90 Å². The molecule has 78 valence electrons. The third-order valence-electron chi connectivity index (χ3n) is 1.61. The number of hydrogen-bond acceptors (Lipinski definition) is 5. The lowest BCUT2D eigenvalue weighted by molar-refractivity contribution is 0.0691. The highest BCUT2D eigenvalue weighted by Gasteiger charge is 2.12. The summed E-state index contributed by atoms with van der Waals surface area (Å²) in [6.45, 7) is 0. The molecule has 0 saturated carbocycles. The predicted molar refractivity (Wildman–Crippen MR) is 59.7 cm³/mol. The van der Waals surface area contributed by atoms with E-state index in [1.165, 1.54) is 28.1 Å². The first-order chi connectivity index (χ1) is 7.20. The highest BCUT2D eigenvalue weighted by Crippen LogP contribution is 2.25. The maximum atomic E-state index is 10.6. The van der Waals surface area contributed by atoms with Crippen molar-refractivity contribution >= 4 is 40.2 Å². The fraction of sp³-hybridized carbons (Fsp3) is 0.125. The molecule has 2 aromatic rings. The summed E-state index contributed by atoms with van der Waals surface area (Å²) in [5, 5.41) is 13.4. The van der Waals surface area contributed by atoms with Crippen LogP contribution in [-0.2, 0) is 5.88 Å². The van der Waals surface area contributed by atoms with Gasteiger partial charge < -0.3 is 5.11 Å². The molecule has 0 unspecified atom stereocenters. The first-order valence-corrected chi connectivity index (χ1v) is 6.19. The van der Waals surface area contributed by atoms with Crippen LogP contribution in [0, 0.1) is 0 Å². The van der Waals surface area contributed by atoms with Gasteiger partial charge >= 0.3 is 5.97 Å². The standard InChI is InChI=1S/C8H5ClN2O2S2/c9-1-6-10-4(2-14-6)7-11-5(3-15-7)8(12)13/h2-3H,1H2,(H,12,13). The Bertz CT molecular complexity index is 494. The molecule has 7 heteroatoms. The Morgan fingerprint density at radius 1 is 1.40 bits per heavy atom. The molecule has 0 aliphatic carbocycles. The Morgan fingerprint density at radius 2 is 2.20 bits per heavy atom. The molecule has 15 heavy (non-hydrogen) atoms. The van der Waals surface area contributed by atoms with Crippen molar-refractivity contribution in [2.45, 2.75) is 5.88 Å². The summed E-state index contributed by atoms with van der Waals surface area (Å²) >= 11 is 8.32. The molecule has 0 aliphatic rings. The summed E-state index contributed by atoms with van der Waals surface area (Å²) in [7, 11) is 0. The van der Waals surface area contributed by atoms with Gasteiger partial charge in [0.15, 0.2) is 5.69 Å². The fourth-order valence-electron chi connectivity index (χ4n) is 0.960. The monoisotopic (exact) mass is 260 g/mol. The average molecular weight is 261 g/mol. The van der Waals surface area contributed by atoms with Gasteiger partial charge in [-0.25, -0.2) is 14.8 Å². The summed E-state index contributed by atoms with van der Waals surface area (Å²) < 4.78 is 0. The van der Waals surface area contributed by atoms with Gasteiger partial charge in [0.1, 0.15) is 15.7 Å². The molecule has 0 aliphatic heterocycles. The molecule has 1 N–H and O–H groups in total. The first kappa shape index (κ1) is 10.5. The van der Waals surface area contributed by atoms with E-state index in [1.54, 1.807) is 0 Å². The summed E-state index contributed by atoms with van der Waals surface area (Å²) in [6, 6.07) is 0. The fourth-order valence-corrected chi connectivity index (χ4v) is 2.66. The molecular formula is C8H5ClN2O2S2. The number of aromatic carboxylic acids is 1. The Kier molecular flexibility index (Phi) is 2.99. The van der Waals surface area contributed by atoms with E-state index in [9.17, 15) is 4.79 Å². The number of nitrogens with zero attached hydrogens (tertiary/aromatic N) is 2. The summed E-state index contributed by atoms with van der Waals surface area (Å²) in [5.41, 5.74) is 0.739. The molecule has 0 amide bonds. The predicted octanol–water partition coefficient (Wildman–Crippen LogP) is 2.70. The maximum Gasteiger partial charge on any atom is 0.355 e. The van der Waals surface area contributed by atoms with E-state index >= 15 is 0 Å². The van der Waals surface area contributed by atoms with Crippen molar-refractivity contribution in [3.8, 4) is 10.7 Å². The number of carboxylic acid groups (broad SMARTS) is 1. The number of halogens is 1. The van der Waals surface area contributed by atoms with Gasteiger partial charge in [-0.15, -0.1) is 34.3 Å². The lowest BCUT2D eigenvalue weighted by atomic mass is 10.5. The van der Waals surface area contributed by atoms with E-state index in [0.29, 0.717) is 16.6 Å². The highest BCUT2D eigenvalue weighted by molar-refractivity contribution is 7.14. The van der Waals surface area contributed by atoms with Crippen molar-refractivity contribution in [3.05, 3.63) is 21.5 Å². The van der Waals surface area contributed by atoms with Crippen LogP contribution in [0.15, 0.2) is 10.8 Å². The number of thiazole rings is 2. The van der Waals surface area contributed by atoms with Crippen molar-refractivity contribution in [2.24, 2.45) is 0 Å². The minimum absolute atomic E-state index is 0.0513. The van der Waals surface area contributed by atoms with Gasteiger partial charge in [0.05, 0.1) is 5.88 Å². The number of rotatable bonds is 3. The van der Waals surface area contributed by atoms with Crippen molar-refractivity contribution in [1.29, 1.82) is 0 Å². The summed E-state index contributed by atoms with van der Waals surface area (Å²) in [4.78, 5) is 18.8. The van der Waals surface area contributed by atoms with Gasteiger partial charge in [-0.3, -0.25) is 0 Å². The lowest BCUT2D eigenvalue weighted by Crippen LogP contribution is -1.95. The molecule has 0 spiro atoms. The molecule has 0 saturated heterocycles. The lowest BCUT2D eigenvalue weighted by Gasteiger charge is -1.86. The second-order valence-corrected chi connectivity index (χ2v) is 4.67. The zero-order valence-electron chi connectivity index (χ0n) is 7.31. The number of aromatic nitrogens is 2. The van der Waals surface area contributed by atoms with E-state index in [1.807, 2.05) is 5.38 Å². The normalized spacial score (nSPS) is 10.5. The molecule has 0 fully saturated rings. The van der Waals surface area contributed by atoms with Crippen LogP contribution in [0.4, 0.5) is 0 Å². The number of alkyl halides is 1. The van der Waals surface area contributed by atoms with Crippen LogP contribution < -0.4 is 0 Å². The minimum atomic E-state index is -1.02. The minimum Gasteiger partial charge on any atom is -0.476 e. The molecule has 0 bridgehead atoms. The molecule has 0 aromatic carbocycles. The van der Waals surface area contributed by atoms with Crippen LogP contribution in [0.25, 0.3) is 10.7 Å². The highest BCUT2D eigenvalue weighted by atomic mass is 35.5. The second-order valence-electron chi connectivity index (χ2n) is 2.60. The molecule has 2 aromatic heterocycles. The average Bonchev–Trinajstić information content (AvgIpc) is 2.86. The van der Waals surface area contributed by atoms with E-state index in [0.717, 1.165) is 5.01 Å². The summed E-state index contributed by atoms with van der Waals surface area (Å²) in [6.07, 6.45) is 0. The van der Waals surface area contributed by atoms with Gasteiger partial charge in [0.2, 0.25) is 0 Å². The zero-order valence-corrected chi connectivity index (χ0v) is 9.70. The zero-order chi connectivity index (χ0) is 10.8. The van der Waals surface area contributed by atoms with Gasteiger partial charge in [-0.2, -0.15) is 0 Å². The van der Waals surface area contributed by atoms with Crippen LogP contribution >= 0.6 is 34.3 Å². The second kappa shape index (κ2) is 4.26. The molecule has 0 radical (unpaired) electrons. The quantitative estimate of drug-likeness (QED) is 0.862. The van der Waals surface area contributed by atoms with Crippen LogP contribution in [0.5, 0.6) is 0 Å². The van der Waals surface area contributed by atoms with E-state index in [4.69, 9.17) is 16.7 Å². The Morgan fingerprint density at radius 3 is 2.73 bits per heavy atom. The Hall–Kier alpha value is -0.980. The largest absolute Gasteiger partial charge is 0.476 e. The van der Waals surface area contributed by atoms with Crippen LogP contribution in [0.1, 0.15) is 15.5 Å². The Balaban J connectivity index is 2.32. The number of carboxylic acids is 1. The SMILES string of the molecule is O=C(O)c1csc(-c2csc(CCl)n2)n1. The van der Waals surface area contributed by atoms with Gasteiger partial charge in [-0.05, 0) is 0 Å². The topological polar surface area (TPSA) is 63.1 Å². The molecule has 2 rings (SSSR count). The van der Waals surface area contributed by atoms with E-state index in [-0.39, 0.29) is 5.69 Å². The number of carbonyl (C=O) groups is 1. The maximum absolute atomic E-state index is 10.6. The van der Waals surface area contributed by atoms with Crippen LogP contribution in [0.2, 0.25) is 0 Å². The van der Waals surface area contributed by atoms with Gasteiger partial charge in [-0.1, -0.05) is 0 Å². The van der Waals surface area contributed by atoms with Gasteiger partial charge in [0.25, 0.3) is 0 Å². The van der Waals surface area contributed by atoms with E-state index in [2.05, 4.69) is 9.97 Å². The number of hydrogen-bond donors (Lipinski definition) is 1. The third kappa shape index (κ3) is 2.17. The Labute approximate surface area is 98.2 Å². The van der Waals surface area contributed by atoms with E-state index < -0.39 is 5.97 Å². The van der Waals surface area contributed by atoms with Gasteiger partial charge in [0, 0.05) is 10.8 Å². The van der Waals surface area contributed by atoms with Crippen molar-refractivity contribution in [2.75, 3.05) is 0 Å².